The van der Waals surface area contributed by atoms with E-state index in [4.69, 9.17) is 0 Å². The number of imide groups is 1. The fourth-order valence-electron chi connectivity index (χ4n) is 1.48. The van der Waals surface area contributed by atoms with Gasteiger partial charge in [0.05, 0.1) is 4.92 Å². The summed E-state index contributed by atoms with van der Waals surface area (Å²) in [6, 6.07) is 5.17. The van der Waals surface area contributed by atoms with Gasteiger partial charge in [-0.15, -0.1) is 0 Å². The number of hydrogen-bond acceptors (Lipinski definition) is 4. The molecule has 7 heteroatoms. The maximum atomic E-state index is 11.6. The minimum Gasteiger partial charge on any atom is -0.303 e. The molecule has 1 fully saturated rings. The molecule has 0 aromatic heterocycles. The Balaban J connectivity index is 2.26. The van der Waals surface area contributed by atoms with Crippen LogP contribution in [0.15, 0.2) is 30.0 Å². The number of benzene rings is 1. The first-order valence-electron chi connectivity index (χ1n) is 5.04. The molecule has 1 aliphatic rings. The summed E-state index contributed by atoms with van der Waals surface area (Å²) in [4.78, 5) is 33.7. The molecular weight excluding hydrogens is 238 g/mol. The third-order valence-corrected chi connectivity index (χ3v) is 2.50. The zero-order valence-electron chi connectivity index (χ0n) is 9.41. The maximum Gasteiger partial charge on any atom is 0.328 e. The van der Waals surface area contributed by atoms with E-state index in [1.165, 1.54) is 37.4 Å². The Hall–Kier alpha value is -2.70. The number of carbonyl (C=O) groups excluding carboxylic acids is 2. The van der Waals surface area contributed by atoms with Gasteiger partial charge in [-0.3, -0.25) is 19.8 Å². The van der Waals surface area contributed by atoms with Crippen molar-refractivity contribution in [2.75, 3.05) is 7.05 Å². The summed E-state index contributed by atoms with van der Waals surface area (Å²) in [6.07, 6.45) is 1.47. The number of hydrogen-bond donors (Lipinski definition) is 1. The normalized spacial score (nSPS) is 17.2. The number of nitro benzene ring substituents is 1. The average molecular weight is 247 g/mol. The Bertz CT molecular complexity index is 562. The maximum absolute atomic E-state index is 11.6. The molecule has 7 nitrogen and oxygen atoms in total. The van der Waals surface area contributed by atoms with Gasteiger partial charge in [-0.1, -0.05) is 0 Å². The van der Waals surface area contributed by atoms with Crippen molar-refractivity contribution in [1.82, 2.24) is 10.2 Å². The van der Waals surface area contributed by atoms with Gasteiger partial charge in [0.2, 0.25) is 0 Å². The van der Waals surface area contributed by atoms with Crippen molar-refractivity contribution >= 4 is 23.7 Å². The minimum atomic E-state index is -0.507. The summed E-state index contributed by atoms with van der Waals surface area (Å²) < 4.78 is 0. The fourth-order valence-corrected chi connectivity index (χ4v) is 1.48. The van der Waals surface area contributed by atoms with E-state index < -0.39 is 16.9 Å². The molecule has 2 rings (SSSR count). The molecule has 1 aromatic rings. The van der Waals surface area contributed by atoms with E-state index in [-0.39, 0.29) is 11.4 Å². The van der Waals surface area contributed by atoms with Crippen molar-refractivity contribution in [3.8, 4) is 0 Å². The summed E-state index contributed by atoms with van der Waals surface area (Å²) in [6.45, 7) is 0. The zero-order valence-corrected chi connectivity index (χ0v) is 9.41. The third kappa shape index (κ3) is 2.05. The highest BCUT2D eigenvalue weighted by molar-refractivity contribution is 6.13. The molecule has 3 amide bonds. The summed E-state index contributed by atoms with van der Waals surface area (Å²) >= 11 is 0. The highest BCUT2D eigenvalue weighted by Crippen LogP contribution is 2.16. The average Bonchev–Trinajstić information content (AvgIpc) is 2.58. The molecule has 0 aliphatic carbocycles. The molecule has 92 valence electrons. The molecule has 1 aromatic carbocycles. The molecule has 0 saturated carbocycles. The number of likely N-dealkylation sites (N-methyl/N-ethyl adjacent to an activating group) is 1. The van der Waals surface area contributed by atoms with E-state index in [1.807, 2.05) is 0 Å². The first-order valence-corrected chi connectivity index (χ1v) is 5.04. The summed E-state index contributed by atoms with van der Waals surface area (Å²) in [5.41, 5.74) is 0.715. The van der Waals surface area contributed by atoms with E-state index in [9.17, 15) is 19.7 Å². The number of non-ortho nitro benzene ring substituents is 1. The predicted octanol–water partition coefficient (Wildman–Crippen LogP) is 1.12. The molecule has 1 saturated heterocycles. The van der Waals surface area contributed by atoms with Crippen LogP contribution < -0.4 is 5.32 Å². The van der Waals surface area contributed by atoms with Crippen molar-refractivity contribution in [2.24, 2.45) is 0 Å². The van der Waals surface area contributed by atoms with Crippen LogP contribution in [-0.4, -0.2) is 28.8 Å². The zero-order chi connectivity index (χ0) is 13.3. The molecular formula is C11H9N3O4. The summed E-state index contributed by atoms with van der Waals surface area (Å²) in [5.74, 6) is -0.432. The number of urea groups is 1. The van der Waals surface area contributed by atoms with Crippen molar-refractivity contribution in [2.45, 2.75) is 0 Å². The van der Waals surface area contributed by atoms with Crippen LogP contribution in [0.5, 0.6) is 0 Å². The van der Waals surface area contributed by atoms with Crippen molar-refractivity contribution in [3.05, 3.63) is 45.6 Å². The first-order chi connectivity index (χ1) is 8.49. The summed E-state index contributed by atoms with van der Waals surface area (Å²) in [7, 11) is 1.37. The van der Waals surface area contributed by atoms with Gasteiger partial charge in [0.15, 0.2) is 0 Å². The number of nitrogens with one attached hydrogen (secondary N) is 1. The molecule has 0 radical (unpaired) electrons. The van der Waals surface area contributed by atoms with Gasteiger partial charge >= 0.3 is 6.03 Å². The van der Waals surface area contributed by atoms with E-state index in [0.717, 1.165) is 4.90 Å². The lowest BCUT2D eigenvalue weighted by Gasteiger charge is -1.99. The molecule has 1 N–H and O–H groups in total. The first kappa shape index (κ1) is 11.8. The van der Waals surface area contributed by atoms with Gasteiger partial charge < -0.3 is 5.32 Å². The molecule has 1 aliphatic heterocycles. The van der Waals surface area contributed by atoms with Crippen LogP contribution in [0, 0.1) is 10.1 Å². The molecule has 0 bridgehead atoms. The highest BCUT2D eigenvalue weighted by atomic mass is 16.6. The van der Waals surface area contributed by atoms with Crippen LogP contribution in [-0.2, 0) is 4.79 Å². The van der Waals surface area contributed by atoms with E-state index in [0.29, 0.717) is 5.56 Å². The molecule has 1 heterocycles. The van der Waals surface area contributed by atoms with Crippen LogP contribution in [0.1, 0.15) is 5.56 Å². The number of rotatable bonds is 2. The Morgan fingerprint density at radius 3 is 2.33 bits per heavy atom. The lowest BCUT2D eigenvalue weighted by Crippen LogP contribution is -2.25. The Morgan fingerprint density at radius 1 is 1.28 bits per heavy atom. The van der Waals surface area contributed by atoms with Gasteiger partial charge in [-0.2, -0.15) is 0 Å². The van der Waals surface area contributed by atoms with Gasteiger partial charge in [-0.05, 0) is 23.8 Å². The smallest absolute Gasteiger partial charge is 0.303 e. The standard InChI is InChI=1S/C11H9N3O4/c1-13-10(15)9(12-11(13)16)6-7-2-4-8(5-3-7)14(17)18/h2-6H,1H3,(H,12,16)/b9-6-. The van der Waals surface area contributed by atoms with Crippen molar-refractivity contribution in [1.29, 1.82) is 0 Å². The van der Waals surface area contributed by atoms with Gasteiger partial charge in [0.25, 0.3) is 11.6 Å². The lowest BCUT2D eigenvalue weighted by molar-refractivity contribution is -0.384. The SMILES string of the molecule is CN1C(=O)N/C(=C\c2ccc([N+](=O)[O-])cc2)C1=O. The van der Waals surface area contributed by atoms with Crippen LogP contribution in [0.3, 0.4) is 0 Å². The van der Waals surface area contributed by atoms with Crippen molar-refractivity contribution < 1.29 is 14.5 Å². The van der Waals surface area contributed by atoms with Gasteiger partial charge in [0, 0.05) is 19.2 Å². The monoisotopic (exact) mass is 247 g/mol. The summed E-state index contributed by atoms with van der Waals surface area (Å²) in [5, 5.41) is 12.9. The quantitative estimate of drug-likeness (QED) is 0.367. The van der Waals surface area contributed by atoms with E-state index >= 15 is 0 Å². The van der Waals surface area contributed by atoms with Gasteiger partial charge in [-0.25, -0.2) is 4.79 Å². The van der Waals surface area contributed by atoms with Crippen LogP contribution in [0.2, 0.25) is 0 Å². The van der Waals surface area contributed by atoms with Crippen LogP contribution >= 0.6 is 0 Å². The minimum absolute atomic E-state index is 0.0314. The number of nitro groups is 1. The topological polar surface area (TPSA) is 92.6 Å². The highest BCUT2D eigenvalue weighted by Gasteiger charge is 2.29. The molecule has 18 heavy (non-hydrogen) atoms. The second kappa shape index (κ2) is 4.28. The van der Waals surface area contributed by atoms with E-state index in [1.54, 1.807) is 0 Å². The number of nitrogens with zero attached hydrogens (tertiary/aromatic N) is 2. The fraction of sp³-hybridized carbons (Fsp3) is 0.0909. The lowest BCUT2D eigenvalue weighted by atomic mass is 10.2. The second-order valence-corrected chi connectivity index (χ2v) is 3.70. The van der Waals surface area contributed by atoms with Crippen LogP contribution in [0.4, 0.5) is 10.5 Å². The van der Waals surface area contributed by atoms with Gasteiger partial charge in [0.1, 0.15) is 5.70 Å². The number of carbonyl (C=O) groups is 2. The molecule has 0 unspecified atom stereocenters. The van der Waals surface area contributed by atoms with Crippen LogP contribution in [0.25, 0.3) is 6.08 Å². The molecule has 0 spiro atoms. The van der Waals surface area contributed by atoms with Crippen molar-refractivity contribution in [3.63, 3.8) is 0 Å². The Morgan fingerprint density at radius 2 is 1.89 bits per heavy atom. The van der Waals surface area contributed by atoms with E-state index in [2.05, 4.69) is 5.32 Å². The number of amides is 3. The molecule has 0 atom stereocenters. The Kier molecular flexibility index (Phi) is 2.80. The predicted molar refractivity (Wildman–Crippen MR) is 62.4 cm³/mol. The third-order valence-electron chi connectivity index (χ3n) is 2.50. The second-order valence-electron chi connectivity index (χ2n) is 3.70. The Labute approximate surface area is 102 Å². The largest absolute Gasteiger partial charge is 0.328 e.